The van der Waals surface area contributed by atoms with E-state index in [1.165, 1.54) is 19.4 Å². The van der Waals surface area contributed by atoms with E-state index >= 15 is 0 Å². The summed E-state index contributed by atoms with van der Waals surface area (Å²) in [6, 6.07) is 0.476. The summed E-state index contributed by atoms with van der Waals surface area (Å²) in [5, 5.41) is 0. The van der Waals surface area contributed by atoms with Gasteiger partial charge in [-0.3, -0.25) is 0 Å². The molecule has 0 aliphatic rings. The number of unbranched alkanes of at least 4 members (excludes halogenated alkanes) is 1. The Bertz CT molecular complexity index is 419. The molecule has 0 saturated heterocycles. The van der Waals surface area contributed by atoms with Crippen LogP contribution in [0.2, 0.25) is 0 Å². The summed E-state index contributed by atoms with van der Waals surface area (Å²) in [5.41, 5.74) is 2.07. The number of aromatic nitrogens is 2. The highest BCUT2D eigenvalue weighted by molar-refractivity contribution is 5.47. The molecular formula is C17H34N4O. The lowest BCUT2D eigenvalue weighted by Gasteiger charge is -2.16. The number of rotatable bonds is 7. The van der Waals surface area contributed by atoms with Crippen LogP contribution in [0.15, 0.2) is 0 Å². The molecule has 0 amide bonds. The van der Waals surface area contributed by atoms with Gasteiger partial charge in [-0.05, 0) is 47.3 Å². The van der Waals surface area contributed by atoms with Gasteiger partial charge in [0.15, 0.2) is 0 Å². The zero-order valence-corrected chi connectivity index (χ0v) is 15.7. The van der Waals surface area contributed by atoms with Crippen molar-refractivity contribution in [2.24, 2.45) is 0 Å². The van der Waals surface area contributed by atoms with Gasteiger partial charge < -0.3 is 14.5 Å². The SMILES string of the molecule is CCCCN(C)C.CCCOc1nc(C)c(C)c(N(C)C)n1. The van der Waals surface area contributed by atoms with Crippen LogP contribution in [0.5, 0.6) is 6.01 Å². The highest BCUT2D eigenvalue weighted by Crippen LogP contribution is 2.20. The average Bonchev–Trinajstić information content (AvgIpc) is 2.46. The molecule has 1 heterocycles. The minimum Gasteiger partial charge on any atom is -0.463 e. The fraction of sp³-hybridized carbons (Fsp3) is 0.765. The van der Waals surface area contributed by atoms with E-state index in [2.05, 4.69) is 42.8 Å². The molecule has 0 aromatic carbocycles. The van der Waals surface area contributed by atoms with Crippen LogP contribution >= 0.6 is 0 Å². The van der Waals surface area contributed by atoms with Crippen molar-refractivity contribution in [2.45, 2.75) is 47.0 Å². The molecule has 1 aromatic heterocycles. The third kappa shape index (κ3) is 8.17. The maximum absolute atomic E-state index is 5.43. The van der Waals surface area contributed by atoms with E-state index in [0.29, 0.717) is 12.6 Å². The normalized spacial score (nSPS) is 10.2. The van der Waals surface area contributed by atoms with Crippen molar-refractivity contribution in [3.8, 4) is 6.01 Å². The zero-order chi connectivity index (χ0) is 17.1. The summed E-state index contributed by atoms with van der Waals surface area (Å²) in [6.07, 6.45) is 3.60. The first-order chi connectivity index (χ1) is 10.3. The molecule has 0 fully saturated rings. The van der Waals surface area contributed by atoms with Crippen LogP contribution in [-0.4, -0.2) is 56.2 Å². The van der Waals surface area contributed by atoms with Crippen molar-refractivity contribution in [1.29, 1.82) is 0 Å². The summed E-state index contributed by atoms with van der Waals surface area (Å²) in [5.74, 6) is 0.925. The third-order valence-electron chi connectivity index (χ3n) is 3.16. The highest BCUT2D eigenvalue weighted by Gasteiger charge is 2.09. The van der Waals surface area contributed by atoms with E-state index < -0.39 is 0 Å². The second-order valence-electron chi connectivity index (χ2n) is 5.94. The molecule has 5 heteroatoms. The van der Waals surface area contributed by atoms with Crippen molar-refractivity contribution in [1.82, 2.24) is 14.9 Å². The number of anilines is 1. The summed E-state index contributed by atoms with van der Waals surface area (Å²) in [4.78, 5) is 12.8. The van der Waals surface area contributed by atoms with Crippen LogP contribution < -0.4 is 9.64 Å². The van der Waals surface area contributed by atoms with E-state index in [1.54, 1.807) is 0 Å². The Morgan fingerprint density at radius 1 is 0.955 bits per heavy atom. The molecule has 1 aromatic rings. The molecule has 5 nitrogen and oxygen atoms in total. The van der Waals surface area contributed by atoms with Crippen LogP contribution in [0.1, 0.15) is 44.4 Å². The van der Waals surface area contributed by atoms with Crippen LogP contribution in [0.25, 0.3) is 0 Å². The molecule has 128 valence electrons. The van der Waals surface area contributed by atoms with Crippen molar-refractivity contribution in [2.75, 3.05) is 46.2 Å². The van der Waals surface area contributed by atoms with Crippen LogP contribution in [0.4, 0.5) is 5.82 Å². The standard InChI is InChI=1S/C11H19N3O.C6H15N/c1-6-7-15-11-12-9(3)8(2)10(13-11)14(4)5;1-4-5-6-7(2)3/h6-7H2,1-5H3;4-6H2,1-3H3. The molecule has 1 rings (SSSR count). The fourth-order valence-electron chi connectivity index (χ4n) is 1.76. The van der Waals surface area contributed by atoms with Gasteiger partial charge in [0.05, 0.1) is 6.61 Å². The number of ether oxygens (including phenoxy) is 1. The van der Waals surface area contributed by atoms with E-state index in [0.717, 1.165) is 23.5 Å². The number of aryl methyl sites for hydroxylation is 1. The van der Waals surface area contributed by atoms with Crippen LogP contribution in [-0.2, 0) is 0 Å². The lowest BCUT2D eigenvalue weighted by molar-refractivity contribution is 0.291. The molecule has 0 spiro atoms. The largest absolute Gasteiger partial charge is 0.463 e. The minimum atomic E-state index is 0.476. The molecule has 0 N–H and O–H groups in total. The average molecular weight is 310 g/mol. The van der Waals surface area contributed by atoms with Gasteiger partial charge in [-0.2, -0.15) is 4.98 Å². The number of hydrogen-bond acceptors (Lipinski definition) is 5. The van der Waals surface area contributed by atoms with Crippen molar-refractivity contribution in [3.63, 3.8) is 0 Å². The van der Waals surface area contributed by atoms with Crippen LogP contribution in [0.3, 0.4) is 0 Å². The Balaban J connectivity index is 0.000000534. The topological polar surface area (TPSA) is 41.5 Å². The lowest BCUT2D eigenvalue weighted by Crippen LogP contribution is -2.15. The Labute approximate surface area is 136 Å². The van der Waals surface area contributed by atoms with Gasteiger partial charge in [-0.25, -0.2) is 4.98 Å². The molecule has 0 aliphatic heterocycles. The van der Waals surface area contributed by atoms with E-state index in [4.69, 9.17) is 4.74 Å². The molecular weight excluding hydrogens is 276 g/mol. The summed E-state index contributed by atoms with van der Waals surface area (Å²) < 4.78 is 5.43. The van der Waals surface area contributed by atoms with Crippen molar-refractivity contribution in [3.05, 3.63) is 11.3 Å². The highest BCUT2D eigenvalue weighted by atomic mass is 16.5. The van der Waals surface area contributed by atoms with Gasteiger partial charge in [0, 0.05) is 25.4 Å². The Kier molecular flexibility index (Phi) is 10.5. The lowest BCUT2D eigenvalue weighted by atomic mass is 10.2. The van der Waals surface area contributed by atoms with Gasteiger partial charge in [-0.1, -0.05) is 20.3 Å². The van der Waals surface area contributed by atoms with E-state index in [9.17, 15) is 0 Å². The third-order valence-corrected chi connectivity index (χ3v) is 3.16. The second kappa shape index (κ2) is 11.2. The van der Waals surface area contributed by atoms with Crippen molar-refractivity contribution >= 4 is 5.82 Å². The number of hydrogen-bond donors (Lipinski definition) is 0. The molecule has 0 bridgehead atoms. The summed E-state index contributed by atoms with van der Waals surface area (Å²) in [6.45, 7) is 10.2. The van der Waals surface area contributed by atoms with Crippen molar-refractivity contribution < 1.29 is 4.74 Å². The Morgan fingerprint density at radius 3 is 2.00 bits per heavy atom. The number of nitrogens with zero attached hydrogens (tertiary/aromatic N) is 4. The predicted molar refractivity (Wildman–Crippen MR) is 95.1 cm³/mol. The quantitative estimate of drug-likeness (QED) is 0.773. The maximum atomic E-state index is 5.43. The van der Waals surface area contributed by atoms with E-state index in [-0.39, 0.29) is 0 Å². The molecule has 0 atom stereocenters. The molecule has 0 unspecified atom stereocenters. The summed E-state index contributed by atoms with van der Waals surface area (Å²) >= 11 is 0. The van der Waals surface area contributed by atoms with Gasteiger partial charge in [0.25, 0.3) is 0 Å². The van der Waals surface area contributed by atoms with Crippen LogP contribution in [0, 0.1) is 13.8 Å². The predicted octanol–water partition coefficient (Wildman–Crippen LogP) is 3.30. The molecule has 0 saturated carbocycles. The first-order valence-electron chi connectivity index (χ1n) is 8.13. The maximum Gasteiger partial charge on any atom is 0.318 e. The molecule has 22 heavy (non-hydrogen) atoms. The first-order valence-corrected chi connectivity index (χ1v) is 8.13. The first kappa shape index (κ1) is 20.6. The zero-order valence-electron chi connectivity index (χ0n) is 15.7. The Hall–Kier alpha value is -1.36. The van der Waals surface area contributed by atoms with Gasteiger partial charge in [0.1, 0.15) is 5.82 Å². The fourth-order valence-corrected chi connectivity index (χ4v) is 1.76. The summed E-state index contributed by atoms with van der Waals surface area (Å²) in [7, 11) is 8.15. The molecule has 0 radical (unpaired) electrons. The monoisotopic (exact) mass is 310 g/mol. The Morgan fingerprint density at radius 2 is 1.59 bits per heavy atom. The minimum absolute atomic E-state index is 0.476. The molecule has 0 aliphatic carbocycles. The second-order valence-corrected chi connectivity index (χ2v) is 5.94. The van der Waals surface area contributed by atoms with Gasteiger partial charge in [-0.15, -0.1) is 0 Å². The van der Waals surface area contributed by atoms with E-state index in [1.807, 2.05) is 32.8 Å². The van der Waals surface area contributed by atoms with Gasteiger partial charge >= 0.3 is 6.01 Å². The smallest absolute Gasteiger partial charge is 0.318 e. The van der Waals surface area contributed by atoms with Gasteiger partial charge in [0.2, 0.25) is 0 Å².